The Kier molecular flexibility index (Phi) is 6.98. The number of furan rings is 1. The zero-order chi connectivity index (χ0) is 23.3. The van der Waals surface area contributed by atoms with E-state index in [1.165, 1.54) is 26.5 Å². The summed E-state index contributed by atoms with van der Waals surface area (Å²) in [6.07, 6.45) is 1.67. The van der Waals surface area contributed by atoms with Gasteiger partial charge in [-0.25, -0.2) is 4.98 Å². The summed E-state index contributed by atoms with van der Waals surface area (Å²) in [4.78, 5) is 24.9. The predicted molar refractivity (Wildman–Crippen MR) is 120 cm³/mol. The standard InChI is InChI=1S/C21H26N4O6Si/c1-27-19-18(20(28-2)25-21(24-19)29-3)23-15(26)11-13-7-8-17(30-13)31-16-12-14(9-10-22-16)32(4,5)6/h7-10,12H,11H2,1-6H3,(H,23,26). The predicted octanol–water partition coefficient (Wildman–Crippen LogP) is 3.01. The van der Waals surface area contributed by atoms with Crippen molar-refractivity contribution in [3.05, 3.63) is 36.2 Å². The first kappa shape index (κ1) is 23.1. The lowest BCUT2D eigenvalue weighted by molar-refractivity contribution is -0.115. The zero-order valence-corrected chi connectivity index (χ0v) is 19.9. The van der Waals surface area contributed by atoms with Crippen LogP contribution in [-0.2, 0) is 11.2 Å². The highest BCUT2D eigenvalue weighted by atomic mass is 28.3. The van der Waals surface area contributed by atoms with Crippen LogP contribution in [0.3, 0.4) is 0 Å². The molecule has 32 heavy (non-hydrogen) atoms. The van der Waals surface area contributed by atoms with E-state index in [1.807, 2.05) is 12.1 Å². The normalized spacial score (nSPS) is 11.1. The highest BCUT2D eigenvalue weighted by Crippen LogP contribution is 2.33. The number of methoxy groups -OCH3 is 3. The molecule has 0 radical (unpaired) electrons. The molecule has 0 saturated carbocycles. The summed E-state index contributed by atoms with van der Waals surface area (Å²) in [7, 11) is 2.75. The number of carbonyl (C=O) groups is 1. The summed E-state index contributed by atoms with van der Waals surface area (Å²) >= 11 is 0. The molecule has 3 aromatic heterocycles. The Balaban J connectivity index is 1.69. The second-order valence-electron chi connectivity index (χ2n) is 7.78. The van der Waals surface area contributed by atoms with E-state index in [1.54, 1.807) is 18.3 Å². The molecule has 11 heteroatoms. The molecule has 0 aliphatic rings. The van der Waals surface area contributed by atoms with Crippen molar-refractivity contribution in [3.63, 3.8) is 0 Å². The van der Waals surface area contributed by atoms with Crippen molar-refractivity contribution >= 4 is 24.9 Å². The first-order chi connectivity index (χ1) is 15.2. The number of nitrogens with zero attached hydrogens (tertiary/aromatic N) is 3. The van der Waals surface area contributed by atoms with E-state index in [0.717, 1.165) is 0 Å². The molecule has 0 saturated heterocycles. The van der Waals surface area contributed by atoms with Gasteiger partial charge in [-0.3, -0.25) is 4.79 Å². The van der Waals surface area contributed by atoms with E-state index in [9.17, 15) is 4.79 Å². The molecule has 3 aromatic rings. The van der Waals surface area contributed by atoms with Crippen LogP contribution < -0.4 is 29.5 Å². The molecule has 0 fully saturated rings. The molecule has 170 valence electrons. The summed E-state index contributed by atoms with van der Waals surface area (Å²) in [5.41, 5.74) is 0.191. The van der Waals surface area contributed by atoms with Crippen LogP contribution >= 0.6 is 0 Å². The highest BCUT2D eigenvalue weighted by molar-refractivity contribution is 6.88. The number of aromatic nitrogens is 3. The number of ether oxygens (including phenoxy) is 4. The summed E-state index contributed by atoms with van der Waals surface area (Å²) in [5.74, 6) is 0.940. The van der Waals surface area contributed by atoms with Gasteiger partial charge in [-0.2, -0.15) is 9.97 Å². The van der Waals surface area contributed by atoms with Crippen molar-refractivity contribution in [1.29, 1.82) is 0 Å². The first-order valence-corrected chi connectivity index (χ1v) is 13.3. The number of rotatable bonds is 9. The van der Waals surface area contributed by atoms with Gasteiger partial charge in [0.1, 0.15) is 5.76 Å². The molecule has 1 amide bonds. The Hall–Kier alpha value is -3.60. The van der Waals surface area contributed by atoms with Gasteiger partial charge in [0.25, 0.3) is 5.95 Å². The van der Waals surface area contributed by atoms with Crippen molar-refractivity contribution in [2.45, 2.75) is 26.1 Å². The Morgan fingerprint density at radius 2 is 1.72 bits per heavy atom. The minimum Gasteiger partial charge on any atom is -0.479 e. The minimum atomic E-state index is -1.50. The van der Waals surface area contributed by atoms with Crippen LogP contribution in [0.25, 0.3) is 0 Å². The Labute approximate surface area is 186 Å². The Morgan fingerprint density at radius 3 is 2.31 bits per heavy atom. The Bertz CT molecular complexity index is 1070. The van der Waals surface area contributed by atoms with Gasteiger partial charge in [0.05, 0.1) is 35.8 Å². The molecule has 3 heterocycles. The van der Waals surface area contributed by atoms with Crippen LogP contribution in [-0.4, -0.2) is 50.3 Å². The average Bonchev–Trinajstić information content (AvgIpc) is 3.19. The number of amides is 1. The lowest BCUT2D eigenvalue weighted by atomic mass is 10.3. The molecule has 3 rings (SSSR count). The zero-order valence-electron chi connectivity index (χ0n) is 18.9. The van der Waals surface area contributed by atoms with Crippen LogP contribution in [0.2, 0.25) is 19.6 Å². The van der Waals surface area contributed by atoms with Crippen molar-refractivity contribution < 1.29 is 28.2 Å². The highest BCUT2D eigenvalue weighted by Gasteiger charge is 2.21. The van der Waals surface area contributed by atoms with Gasteiger partial charge in [-0.05, 0) is 12.1 Å². The summed E-state index contributed by atoms with van der Waals surface area (Å²) < 4.78 is 26.8. The van der Waals surface area contributed by atoms with Gasteiger partial charge in [-0.1, -0.05) is 24.8 Å². The minimum absolute atomic E-state index is 0.0515. The number of anilines is 1. The molecule has 0 unspecified atom stereocenters. The maximum atomic E-state index is 12.6. The largest absolute Gasteiger partial charge is 0.479 e. The molecule has 0 atom stereocenters. The lowest BCUT2D eigenvalue weighted by Crippen LogP contribution is -2.37. The monoisotopic (exact) mass is 458 g/mol. The second-order valence-corrected chi connectivity index (χ2v) is 12.9. The average molecular weight is 459 g/mol. The summed E-state index contributed by atoms with van der Waals surface area (Å²) in [6.45, 7) is 6.73. The fraction of sp³-hybridized carbons (Fsp3) is 0.333. The molecule has 1 N–H and O–H groups in total. The van der Waals surface area contributed by atoms with E-state index in [-0.39, 0.29) is 41.7 Å². The number of carbonyl (C=O) groups excluding carboxylic acids is 1. The van der Waals surface area contributed by atoms with Gasteiger partial charge in [0.2, 0.25) is 23.5 Å². The van der Waals surface area contributed by atoms with E-state index in [2.05, 4.69) is 39.9 Å². The SMILES string of the molecule is COc1nc(OC)c(NC(=O)Cc2ccc(Oc3cc([Si](C)(C)C)ccn3)o2)c(OC)n1. The van der Waals surface area contributed by atoms with Gasteiger partial charge in [0, 0.05) is 18.3 Å². The van der Waals surface area contributed by atoms with Gasteiger partial charge in [-0.15, -0.1) is 0 Å². The van der Waals surface area contributed by atoms with Crippen LogP contribution in [0.5, 0.6) is 29.6 Å². The van der Waals surface area contributed by atoms with Gasteiger partial charge < -0.3 is 28.7 Å². The summed E-state index contributed by atoms with van der Waals surface area (Å²) in [5, 5.41) is 3.91. The first-order valence-electron chi connectivity index (χ1n) is 9.80. The third kappa shape index (κ3) is 5.55. The van der Waals surface area contributed by atoms with E-state index >= 15 is 0 Å². The number of hydrogen-bond acceptors (Lipinski definition) is 9. The van der Waals surface area contributed by atoms with Crippen molar-refractivity contribution in [3.8, 4) is 29.6 Å². The molecular weight excluding hydrogens is 432 g/mol. The van der Waals surface area contributed by atoms with E-state index in [0.29, 0.717) is 11.6 Å². The molecule has 0 aromatic carbocycles. The molecule has 0 aliphatic carbocycles. The number of nitrogens with one attached hydrogen (secondary N) is 1. The molecule has 0 spiro atoms. The quantitative estimate of drug-likeness (QED) is 0.483. The summed E-state index contributed by atoms with van der Waals surface area (Å²) in [6, 6.07) is 7.28. The third-order valence-corrected chi connectivity index (χ3v) is 6.48. The molecule has 10 nitrogen and oxygen atoms in total. The van der Waals surface area contributed by atoms with Gasteiger partial charge >= 0.3 is 6.01 Å². The van der Waals surface area contributed by atoms with Crippen molar-refractivity contribution in [2.24, 2.45) is 0 Å². The lowest BCUT2D eigenvalue weighted by Gasteiger charge is -2.16. The second kappa shape index (κ2) is 9.69. The van der Waals surface area contributed by atoms with Crippen molar-refractivity contribution in [2.75, 3.05) is 26.6 Å². The molecule has 0 aliphatic heterocycles. The van der Waals surface area contributed by atoms with Crippen LogP contribution in [0.4, 0.5) is 5.69 Å². The maximum absolute atomic E-state index is 12.6. The molecular formula is C21H26N4O6Si. The third-order valence-electron chi connectivity index (χ3n) is 4.43. The Morgan fingerprint density at radius 1 is 1.03 bits per heavy atom. The smallest absolute Gasteiger partial charge is 0.322 e. The number of hydrogen-bond donors (Lipinski definition) is 1. The topological polar surface area (TPSA) is 118 Å². The number of pyridine rings is 1. The van der Waals surface area contributed by atoms with Crippen LogP contribution in [0.15, 0.2) is 34.9 Å². The molecule has 0 bridgehead atoms. The fourth-order valence-electron chi connectivity index (χ4n) is 2.78. The van der Waals surface area contributed by atoms with Crippen LogP contribution in [0, 0.1) is 0 Å². The maximum Gasteiger partial charge on any atom is 0.322 e. The van der Waals surface area contributed by atoms with Gasteiger partial charge in [0.15, 0.2) is 5.69 Å². The van der Waals surface area contributed by atoms with Crippen LogP contribution in [0.1, 0.15) is 5.76 Å². The van der Waals surface area contributed by atoms with E-state index < -0.39 is 8.07 Å². The van der Waals surface area contributed by atoms with E-state index in [4.69, 9.17) is 23.4 Å². The fourth-order valence-corrected chi connectivity index (χ4v) is 3.91. The van der Waals surface area contributed by atoms with Crippen molar-refractivity contribution in [1.82, 2.24) is 15.0 Å².